The van der Waals surface area contributed by atoms with Crippen LogP contribution < -0.4 is 5.32 Å². The first kappa shape index (κ1) is 17.7. The van der Waals surface area contributed by atoms with Crippen LogP contribution in [0, 0.1) is 19.8 Å². The average molecular weight is 356 g/mol. The molecule has 1 saturated heterocycles. The Balaban J connectivity index is 1.62. The number of nitrogens with one attached hydrogen (secondary N) is 1. The van der Waals surface area contributed by atoms with Crippen LogP contribution in [-0.2, 0) is 11.3 Å². The number of amides is 2. The second-order valence-corrected chi connectivity index (χ2v) is 7.80. The zero-order chi connectivity index (χ0) is 17.8. The van der Waals surface area contributed by atoms with Crippen LogP contribution in [0.15, 0.2) is 35.7 Å². The zero-order valence-corrected chi connectivity index (χ0v) is 15.6. The number of thiophene rings is 1. The molecular formula is C20H24N2O2S. The molecule has 1 aromatic heterocycles. The van der Waals surface area contributed by atoms with E-state index in [2.05, 4.69) is 11.4 Å². The molecule has 4 nitrogen and oxygen atoms in total. The first-order valence-corrected chi connectivity index (χ1v) is 9.58. The molecule has 132 valence electrons. The number of aryl methyl sites for hydroxylation is 2. The highest BCUT2D eigenvalue weighted by atomic mass is 32.1. The van der Waals surface area contributed by atoms with Gasteiger partial charge in [0.25, 0.3) is 5.91 Å². The lowest BCUT2D eigenvalue weighted by Crippen LogP contribution is -2.45. The Labute approximate surface area is 152 Å². The van der Waals surface area contributed by atoms with Crippen molar-refractivity contribution >= 4 is 23.2 Å². The molecule has 25 heavy (non-hydrogen) atoms. The van der Waals surface area contributed by atoms with Gasteiger partial charge in [-0.2, -0.15) is 0 Å². The molecule has 3 rings (SSSR count). The van der Waals surface area contributed by atoms with E-state index in [4.69, 9.17) is 0 Å². The van der Waals surface area contributed by atoms with Gasteiger partial charge in [0.05, 0.1) is 12.5 Å². The summed E-state index contributed by atoms with van der Waals surface area (Å²) in [6.07, 6.45) is 1.71. The van der Waals surface area contributed by atoms with E-state index in [0.29, 0.717) is 13.1 Å². The number of benzene rings is 1. The van der Waals surface area contributed by atoms with Crippen LogP contribution in [-0.4, -0.2) is 29.8 Å². The Kier molecular flexibility index (Phi) is 5.53. The first-order valence-electron chi connectivity index (χ1n) is 8.70. The van der Waals surface area contributed by atoms with Gasteiger partial charge in [0, 0.05) is 23.5 Å². The molecule has 1 aliphatic heterocycles. The molecule has 2 aromatic rings. The van der Waals surface area contributed by atoms with E-state index in [-0.39, 0.29) is 17.7 Å². The third kappa shape index (κ3) is 4.48. The quantitative estimate of drug-likeness (QED) is 0.911. The zero-order valence-electron chi connectivity index (χ0n) is 14.7. The Morgan fingerprint density at radius 3 is 2.68 bits per heavy atom. The summed E-state index contributed by atoms with van der Waals surface area (Å²) in [5.41, 5.74) is 2.90. The van der Waals surface area contributed by atoms with Crippen molar-refractivity contribution in [3.05, 3.63) is 57.3 Å². The van der Waals surface area contributed by atoms with Crippen LogP contribution in [0.25, 0.3) is 0 Å². The molecule has 1 aromatic carbocycles. The van der Waals surface area contributed by atoms with Crippen molar-refractivity contribution in [3.63, 3.8) is 0 Å². The maximum Gasteiger partial charge on any atom is 0.253 e. The number of rotatable bonds is 4. The molecule has 0 radical (unpaired) electrons. The summed E-state index contributed by atoms with van der Waals surface area (Å²) >= 11 is 1.64. The molecule has 5 heteroatoms. The minimum absolute atomic E-state index is 0.0301. The third-order valence-corrected chi connectivity index (χ3v) is 5.44. The predicted octanol–water partition coefficient (Wildman–Crippen LogP) is 3.53. The summed E-state index contributed by atoms with van der Waals surface area (Å²) in [6, 6.07) is 9.91. The number of likely N-dealkylation sites (tertiary alicyclic amines) is 1. The van der Waals surface area contributed by atoms with Gasteiger partial charge in [-0.05, 0) is 50.3 Å². The standard InChI is InChI=1S/C20H24N2O2S/c1-14-9-15(2)11-17(10-14)20(24)22-7-3-5-16(13-22)19(23)21-12-18-6-4-8-25-18/h4,6,8-11,16H,3,5,7,12-13H2,1-2H3,(H,21,23)/t16-/m0/s1. The van der Waals surface area contributed by atoms with E-state index in [1.165, 1.54) is 0 Å². The third-order valence-electron chi connectivity index (χ3n) is 4.56. The molecular weight excluding hydrogens is 332 g/mol. The van der Waals surface area contributed by atoms with Crippen LogP contribution in [0.4, 0.5) is 0 Å². The molecule has 2 amide bonds. The molecule has 1 fully saturated rings. The predicted molar refractivity (Wildman–Crippen MR) is 101 cm³/mol. The molecule has 0 bridgehead atoms. The van der Waals surface area contributed by atoms with E-state index >= 15 is 0 Å². The van der Waals surface area contributed by atoms with Crippen LogP contribution in [0.5, 0.6) is 0 Å². The highest BCUT2D eigenvalue weighted by molar-refractivity contribution is 7.09. The van der Waals surface area contributed by atoms with E-state index in [1.807, 2.05) is 48.4 Å². The molecule has 0 saturated carbocycles. The Hall–Kier alpha value is -2.14. The summed E-state index contributed by atoms with van der Waals surface area (Å²) in [4.78, 5) is 28.2. The van der Waals surface area contributed by atoms with Gasteiger partial charge < -0.3 is 10.2 Å². The van der Waals surface area contributed by atoms with Gasteiger partial charge >= 0.3 is 0 Å². The van der Waals surface area contributed by atoms with Gasteiger partial charge in [-0.15, -0.1) is 11.3 Å². The molecule has 1 N–H and O–H groups in total. The van der Waals surface area contributed by atoms with E-state index in [1.54, 1.807) is 11.3 Å². The number of piperidine rings is 1. The Morgan fingerprint density at radius 2 is 2.00 bits per heavy atom. The minimum atomic E-state index is -0.122. The van der Waals surface area contributed by atoms with Gasteiger partial charge in [0.2, 0.25) is 5.91 Å². The van der Waals surface area contributed by atoms with Crippen LogP contribution >= 0.6 is 11.3 Å². The van der Waals surface area contributed by atoms with Crippen molar-refractivity contribution in [1.82, 2.24) is 10.2 Å². The lowest BCUT2D eigenvalue weighted by molar-refractivity contribution is -0.126. The lowest BCUT2D eigenvalue weighted by atomic mass is 9.96. The average Bonchev–Trinajstić information content (AvgIpc) is 3.12. The number of nitrogens with zero attached hydrogens (tertiary/aromatic N) is 1. The van der Waals surface area contributed by atoms with Crippen molar-refractivity contribution in [2.24, 2.45) is 5.92 Å². The van der Waals surface area contributed by atoms with Gasteiger partial charge in [-0.25, -0.2) is 0 Å². The van der Waals surface area contributed by atoms with Crippen molar-refractivity contribution in [2.45, 2.75) is 33.2 Å². The fourth-order valence-corrected chi connectivity index (χ4v) is 4.03. The number of hydrogen-bond acceptors (Lipinski definition) is 3. The maximum absolute atomic E-state index is 12.8. The summed E-state index contributed by atoms with van der Waals surface area (Å²) in [5.74, 6) is -0.0440. The highest BCUT2D eigenvalue weighted by Crippen LogP contribution is 2.20. The van der Waals surface area contributed by atoms with Gasteiger partial charge in [0.1, 0.15) is 0 Å². The molecule has 1 atom stereocenters. The summed E-state index contributed by atoms with van der Waals surface area (Å²) in [7, 11) is 0. The Bertz CT molecular complexity index is 735. The minimum Gasteiger partial charge on any atom is -0.351 e. The lowest BCUT2D eigenvalue weighted by Gasteiger charge is -2.32. The Morgan fingerprint density at radius 1 is 1.24 bits per heavy atom. The largest absolute Gasteiger partial charge is 0.351 e. The number of carbonyl (C=O) groups excluding carboxylic acids is 2. The second-order valence-electron chi connectivity index (χ2n) is 6.76. The maximum atomic E-state index is 12.8. The van der Waals surface area contributed by atoms with Crippen molar-refractivity contribution < 1.29 is 9.59 Å². The van der Waals surface area contributed by atoms with E-state index in [0.717, 1.165) is 41.0 Å². The fourth-order valence-electron chi connectivity index (χ4n) is 3.39. The van der Waals surface area contributed by atoms with E-state index in [9.17, 15) is 9.59 Å². The van der Waals surface area contributed by atoms with Crippen molar-refractivity contribution in [2.75, 3.05) is 13.1 Å². The molecule has 0 spiro atoms. The summed E-state index contributed by atoms with van der Waals surface area (Å²) in [5, 5.41) is 5.01. The van der Waals surface area contributed by atoms with Gasteiger partial charge in [0.15, 0.2) is 0 Å². The normalized spacial score (nSPS) is 17.4. The highest BCUT2D eigenvalue weighted by Gasteiger charge is 2.29. The van der Waals surface area contributed by atoms with Crippen LogP contribution in [0.1, 0.15) is 39.2 Å². The van der Waals surface area contributed by atoms with Crippen LogP contribution in [0.3, 0.4) is 0 Å². The molecule has 1 aliphatic rings. The second kappa shape index (κ2) is 7.83. The smallest absolute Gasteiger partial charge is 0.253 e. The topological polar surface area (TPSA) is 49.4 Å². The monoisotopic (exact) mass is 356 g/mol. The number of carbonyl (C=O) groups is 2. The van der Waals surface area contributed by atoms with Crippen molar-refractivity contribution in [1.29, 1.82) is 0 Å². The first-order chi connectivity index (χ1) is 12.0. The van der Waals surface area contributed by atoms with Crippen LogP contribution in [0.2, 0.25) is 0 Å². The number of hydrogen-bond donors (Lipinski definition) is 1. The summed E-state index contributed by atoms with van der Waals surface area (Å²) < 4.78 is 0. The molecule has 2 heterocycles. The summed E-state index contributed by atoms with van der Waals surface area (Å²) in [6.45, 7) is 5.79. The molecule has 0 aliphatic carbocycles. The van der Waals surface area contributed by atoms with Gasteiger partial charge in [-0.3, -0.25) is 9.59 Å². The van der Waals surface area contributed by atoms with Gasteiger partial charge in [-0.1, -0.05) is 23.3 Å². The SMILES string of the molecule is Cc1cc(C)cc(C(=O)N2CCC[C@H](C(=O)NCc3cccs3)C2)c1. The van der Waals surface area contributed by atoms with Crippen molar-refractivity contribution in [3.8, 4) is 0 Å². The molecule has 0 unspecified atom stereocenters. The van der Waals surface area contributed by atoms with E-state index < -0.39 is 0 Å². The fraction of sp³-hybridized carbons (Fsp3) is 0.400.